The van der Waals surface area contributed by atoms with E-state index >= 15 is 0 Å². The first-order valence-corrected chi connectivity index (χ1v) is 12.1. The maximum Gasteiger partial charge on any atom is 0.225 e. The highest BCUT2D eigenvalue weighted by Crippen LogP contribution is 2.32. The molecule has 10 heteroatoms. The highest BCUT2D eigenvalue weighted by atomic mass is 32.2. The number of anilines is 1. The Hall–Kier alpha value is -1.88. The second-order valence-electron chi connectivity index (χ2n) is 8.68. The number of rotatable bonds is 8. The number of aromatic nitrogens is 4. The Morgan fingerprint density at radius 1 is 1.26 bits per heavy atom. The van der Waals surface area contributed by atoms with Gasteiger partial charge in [0.05, 0.1) is 24.4 Å². The van der Waals surface area contributed by atoms with Crippen molar-refractivity contribution in [1.29, 1.82) is 0 Å². The molecule has 4 rings (SSSR count). The summed E-state index contributed by atoms with van der Waals surface area (Å²) in [5, 5.41) is 4.85. The molecule has 2 aromatic rings. The lowest BCUT2D eigenvalue weighted by Gasteiger charge is -2.36. The van der Waals surface area contributed by atoms with Gasteiger partial charge in [0, 0.05) is 49.0 Å². The maximum absolute atomic E-state index is 11.1. The van der Waals surface area contributed by atoms with E-state index in [-0.39, 0.29) is 18.1 Å². The third-order valence-corrected chi connectivity index (χ3v) is 6.70. The zero-order chi connectivity index (χ0) is 21.8. The molecule has 3 atom stereocenters. The summed E-state index contributed by atoms with van der Waals surface area (Å²) in [5.41, 5.74) is 2.30. The van der Waals surface area contributed by atoms with Crippen LogP contribution in [0.5, 0.6) is 0 Å². The van der Waals surface area contributed by atoms with Crippen LogP contribution in [0.2, 0.25) is 0 Å². The zero-order valence-corrected chi connectivity index (χ0v) is 19.0. The zero-order valence-electron chi connectivity index (χ0n) is 18.1. The smallest absolute Gasteiger partial charge is 0.225 e. The molecule has 1 fully saturated rings. The topological polar surface area (TPSA) is 108 Å². The lowest BCUT2D eigenvalue weighted by atomic mass is 9.90. The van der Waals surface area contributed by atoms with Crippen LogP contribution >= 0.6 is 0 Å². The normalized spacial score (nSPS) is 23.2. The molecule has 9 nitrogen and oxygen atoms in total. The van der Waals surface area contributed by atoms with E-state index in [0.29, 0.717) is 19.1 Å². The van der Waals surface area contributed by atoms with Crippen LogP contribution in [0, 0.1) is 5.92 Å². The first kappa shape index (κ1) is 22.3. The van der Waals surface area contributed by atoms with Crippen LogP contribution in [0.15, 0.2) is 24.5 Å². The molecule has 0 amide bonds. The molecule has 0 spiro atoms. The summed E-state index contributed by atoms with van der Waals surface area (Å²) >= 11 is -2.26. The molecule has 3 unspecified atom stereocenters. The lowest BCUT2D eigenvalue weighted by Crippen LogP contribution is -2.41. The van der Waals surface area contributed by atoms with Crippen molar-refractivity contribution in [1.82, 2.24) is 24.5 Å². The SMILES string of the molecule is CC(C)c1cc2n(n1)C(COC1CCN(c3ncccn3)CC1)C(CNS(=O)[O-])CC2. The fourth-order valence-electron chi connectivity index (χ4n) is 4.47. The van der Waals surface area contributed by atoms with E-state index < -0.39 is 11.3 Å². The predicted molar refractivity (Wildman–Crippen MR) is 117 cm³/mol. The van der Waals surface area contributed by atoms with Crippen molar-refractivity contribution >= 4 is 17.2 Å². The van der Waals surface area contributed by atoms with Crippen LogP contribution in [0.1, 0.15) is 56.5 Å². The van der Waals surface area contributed by atoms with E-state index in [2.05, 4.69) is 44.2 Å². The molecule has 1 N–H and O–H groups in total. The van der Waals surface area contributed by atoms with Crippen LogP contribution in [-0.4, -0.2) is 60.9 Å². The van der Waals surface area contributed by atoms with Gasteiger partial charge in [-0.3, -0.25) is 8.89 Å². The van der Waals surface area contributed by atoms with Gasteiger partial charge in [0.1, 0.15) is 0 Å². The van der Waals surface area contributed by atoms with Gasteiger partial charge in [-0.15, -0.1) is 0 Å². The Labute approximate surface area is 186 Å². The minimum atomic E-state index is -2.26. The summed E-state index contributed by atoms with van der Waals surface area (Å²) < 4.78 is 33.1. The summed E-state index contributed by atoms with van der Waals surface area (Å²) in [6.07, 6.45) is 7.37. The molecular weight excluding hydrogens is 416 g/mol. The Kier molecular flexibility index (Phi) is 7.31. The van der Waals surface area contributed by atoms with E-state index in [1.165, 1.54) is 5.69 Å². The molecule has 0 saturated carbocycles. The van der Waals surface area contributed by atoms with Gasteiger partial charge in [0.15, 0.2) is 0 Å². The van der Waals surface area contributed by atoms with Crippen molar-refractivity contribution in [3.63, 3.8) is 0 Å². The number of aryl methyl sites for hydroxylation is 1. The molecule has 2 aromatic heterocycles. The van der Waals surface area contributed by atoms with Crippen molar-refractivity contribution in [2.45, 2.75) is 57.6 Å². The average Bonchev–Trinajstić information content (AvgIpc) is 3.22. The molecule has 4 heterocycles. The van der Waals surface area contributed by atoms with Crippen LogP contribution in [0.25, 0.3) is 0 Å². The van der Waals surface area contributed by atoms with Gasteiger partial charge in [-0.25, -0.2) is 14.7 Å². The molecular formula is C21H31N6O3S-. The number of nitrogens with one attached hydrogen (secondary N) is 1. The number of nitrogens with zero attached hydrogens (tertiary/aromatic N) is 5. The minimum absolute atomic E-state index is 0.0304. The number of hydrogen-bond donors (Lipinski definition) is 1. The third-order valence-electron chi connectivity index (χ3n) is 6.30. The van der Waals surface area contributed by atoms with Crippen LogP contribution in [-0.2, 0) is 22.4 Å². The standard InChI is InChI=1S/C21H32N6O3S/c1-15(2)19-12-17-5-4-16(13-24-31(28)29)20(27(17)25-19)14-30-18-6-10-26(11-7-18)21-22-8-3-9-23-21/h3,8-9,12,15-16,18,20,24H,4-7,10-11,13-14H2,1-2H3,(H,28,29)/p-1. The number of hydrogen-bond acceptors (Lipinski definition) is 7. The monoisotopic (exact) mass is 447 g/mol. The van der Waals surface area contributed by atoms with Gasteiger partial charge in [-0.1, -0.05) is 13.8 Å². The third kappa shape index (κ3) is 5.49. The first-order chi connectivity index (χ1) is 15.0. The molecule has 170 valence electrons. The lowest BCUT2D eigenvalue weighted by molar-refractivity contribution is -0.000935. The quantitative estimate of drug-likeness (QED) is 0.616. The molecule has 0 aromatic carbocycles. The molecule has 0 radical (unpaired) electrons. The van der Waals surface area contributed by atoms with Crippen molar-refractivity contribution in [2.24, 2.45) is 5.92 Å². The number of ether oxygens (including phenoxy) is 1. The van der Waals surface area contributed by atoms with Crippen LogP contribution < -0.4 is 9.62 Å². The van der Waals surface area contributed by atoms with Gasteiger partial charge in [-0.05, 0) is 49.7 Å². The van der Waals surface area contributed by atoms with Gasteiger partial charge < -0.3 is 14.2 Å². The Morgan fingerprint density at radius 3 is 2.68 bits per heavy atom. The van der Waals surface area contributed by atoms with Crippen LogP contribution in [0.4, 0.5) is 5.95 Å². The summed E-state index contributed by atoms with van der Waals surface area (Å²) in [6.45, 7) is 6.96. The summed E-state index contributed by atoms with van der Waals surface area (Å²) in [4.78, 5) is 10.9. The van der Waals surface area contributed by atoms with Crippen molar-refractivity contribution in [3.8, 4) is 0 Å². The minimum Gasteiger partial charge on any atom is -0.760 e. The number of piperidine rings is 1. The summed E-state index contributed by atoms with van der Waals surface area (Å²) in [7, 11) is 0. The highest BCUT2D eigenvalue weighted by Gasteiger charge is 2.32. The maximum atomic E-state index is 11.1. The molecule has 31 heavy (non-hydrogen) atoms. The number of fused-ring (bicyclic) bond motifs is 1. The second kappa shape index (κ2) is 10.2. The van der Waals surface area contributed by atoms with E-state index in [9.17, 15) is 8.76 Å². The Balaban J connectivity index is 1.39. The molecule has 2 aliphatic heterocycles. The Morgan fingerprint density at radius 2 is 2.00 bits per heavy atom. The summed E-state index contributed by atoms with van der Waals surface area (Å²) in [5.74, 6) is 1.28. The average molecular weight is 448 g/mol. The van der Waals surface area contributed by atoms with Gasteiger partial charge >= 0.3 is 0 Å². The fraction of sp³-hybridized carbons (Fsp3) is 0.667. The predicted octanol–water partition coefficient (Wildman–Crippen LogP) is 1.97. The van der Waals surface area contributed by atoms with Crippen molar-refractivity contribution in [3.05, 3.63) is 35.9 Å². The largest absolute Gasteiger partial charge is 0.760 e. The second-order valence-corrected chi connectivity index (χ2v) is 9.44. The van der Waals surface area contributed by atoms with Crippen LogP contribution in [0.3, 0.4) is 0 Å². The summed E-state index contributed by atoms with van der Waals surface area (Å²) in [6, 6.07) is 4.04. The molecule has 1 saturated heterocycles. The first-order valence-electron chi connectivity index (χ1n) is 11.1. The van der Waals surface area contributed by atoms with E-state index in [4.69, 9.17) is 9.84 Å². The van der Waals surface area contributed by atoms with Gasteiger partial charge in [0.25, 0.3) is 0 Å². The van der Waals surface area contributed by atoms with Gasteiger partial charge in [-0.2, -0.15) is 5.10 Å². The Bertz CT molecular complexity index is 869. The molecule has 0 aliphatic carbocycles. The molecule has 0 bridgehead atoms. The van der Waals surface area contributed by atoms with Crippen molar-refractivity contribution in [2.75, 3.05) is 31.1 Å². The molecule has 2 aliphatic rings. The van der Waals surface area contributed by atoms with Gasteiger partial charge in [0.2, 0.25) is 5.95 Å². The van der Waals surface area contributed by atoms with E-state index in [0.717, 1.165) is 50.4 Å². The fourth-order valence-corrected chi connectivity index (χ4v) is 4.82. The van der Waals surface area contributed by atoms with Crippen molar-refractivity contribution < 1.29 is 13.5 Å². The van der Waals surface area contributed by atoms with E-state index in [1.807, 2.05) is 6.07 Å². The highest BCUT2D eigenvalue weighted by molar-refractivity contribution is 7.77. The van der Waals surface area contributed by atoms with E-state index in [1.54, 1.807) is 12.4 Å².